The van der Waals surface area contributed by atoms with Gasteiger partial charge in [0.1, 0.15) is 0 Å². The van der Waals surface area contributed by atoms with Gasteiger partial charge in [-0.25, -0.2) is 0 Å². The second kappa shape index (κ2) is 7.97. The van der Waals surface area contributed by atoms with E-state index in [0.717, 1.165) is 11.3 Å². The zero-order valence-electron chi connectivity index (χ0n) is 12.6. The topological polar surface area (TPSA) is 40.5 Å². The summed E-state index contributed by atoms with van der Waals surface area (Å²) < 4.78 is 0. The summed E-state index contributed by atoms with van der Waals surface area (Å²) in [4.78, 5) is 14.3. The molecule has 0 radical (unpaired) electrons. The fourth-order valence-corrected chi connectivity index (χ4v) is 2.56. The number of benzene rings is 2. The van der Waals surface area contributed by atoms with Crippen molar-refractivity contribution in [3.05, 3.63) is 65.2 Å². The fraction of sp³-hybridized carbons (Fsp3) is 0.278. The van der Waals surface area contributed by atoms with E-state index in [1.807, 2.05) is 42.5 Å². The minimum absolute atomic E-state index is 0.000209. The van der Waals surface area contributed by atoms with Crippen LogP contribution in [0.3, 0.4) is 0 Å². The van der Waals surface area contributed by atoms with Crippen molar-refractivity contribution >= 4 is 23.2 Å². The van der Waals surface area contributed by atoms with Gasteiger partial charge < -0.3 is 10.0 Å². The summed E-state index contributed by atoms with van der Waals surface area (Å²) in [6, 6.07) is 17.0. The van der Waals surface area contributed by atoms with Crippen LogP contribution < -0.4 is 4.90 Å². The summed E-state index contributed by atoms with van der Waals surface area (Å²) in [5.74, 6) is -0.242. The van der Waals surface area contributed by atoms with Crippen LogP contribution in [-0.2, 0) is 11.2 Å². The fourth-order valence-electron chi connectivity index (χ4n) is 2.43. The number of aliphatic hydroxyl groups is 1. The Bertz CT molecular complexity index is 598. The van der Waals surface area contributed by atoms with E-state index in [4.69, 9.17) is 11.6 Å². The number of halogens is 1. The van der Waals surface area contributed by atoms with Crippen LogP contribution in [0.4, 0.5) is 5.69 Å². The van der Waals surface area contributed by atoms with E-state index in [2.05, 4.69) is 0 Å². The van der Waals surface area contributed by atoms with E-state index in [1.165, 1.54) is 0 Å². The second-order valence-electron chi connectivity index (χ2n) is 5.27. The van der Waals surface area contributed by atoms with Gasteiger partial charge >= 0.3 is 0 Å². The first kappa shape index (κ1) is 16.5. The van der Waals surface area contributed by atoms with Crippen molar-refractivity contribution < 1.29 is 9.90 Å². The van der Waals surface area contributed by atoms with Crippen LogP contribution in [0.25, 0.3) is 0 Å². The third-order valence-electron chi connectivity index (χ3n) is 3.70. The molecule has 0 aliphatic carbocycles. The lowest BCUT2D eigenvalue weighted by Gasteiger charge is -2.23. The number of aliphatic hydroxyl groups excluding tert-OH is 1. The van der Waals surface area contributed by atoms with Gasteiger partial charge in [-0.3, -0.25) is 4.79 Å². The van der Waals surface area contributed by atoms with Crippen molar-refractivity contribution in [2.45, 2.75) is 12.8 Å². The minimum Gasteiger partial charge on any atom is -0.396 e. The lowest BCUT2D eigenvalue weighted by atomic mass is 9.95. The number of carbonyl (C=O) groups is 1. The van der Waals surface area contributed by atoms with Crippen molar-refractivity contribution in [2.24, 2.45) is 5.92 Å². The molecule has 1 N–H and O–H groups in total. The highest BCUT2D eigenvalue weighted by atomic mass is 35.5. The molecule has 0 aliphatic heterocycles. The molecule has 1 atom stereocenters. The standard InChI is InChI=1S/C18H20ClNO2/c1-20(17-9-7-16(19)8-10-17)18(22)15(11-12-21)13-14-5-3-2-4-6-14/h2-10,15,21H,11-13H2,1H3. The van der Waals surface area contributed by atoms with Crippen LogP contribution >= 0.6 is 11.6 Å². The summed E-state index contributed by atoms with van der Waals surface area (Å²) in [5, 5.41) is 9.90. The zero-order valence-corrected chi connectivity index (χ0v) is 13.3. The number of anilines is 1. The maximum absolute atomic E-state index is 12.7. The lowest BCUT2D eigenvalue weighted by Crippen LogP contribution is -2.34. The molecule has 0 aromatic heterocycles. The van der Waals surface area contributed by atoms with Crippen molar-refractivity contribution in [3.63, 3.8) is 0 Å². The predicted molar refractivity (Wildman–Crippen MR) is 90.2 cm³/mol. The van der Waals surface area contributed by atoms with E-state index in [0.29, 0.717) is 17.9 Å². The van der Waals surface area contributed by atoms with Crippen LogP contribution in [0.5, 0.6) is 0 Å². The van der Waals surface area contributed by atoms with Gasteiger partial charge in [0.25, 0.3) is 0 Å². The maximum atomic E-state index is 12.7. The van der Waals surface area contributed by atoms with Gasteiger partial charge in [-0.1, -0.05) is 41.9 Å². The Kier molecular flexibility index (Phi) is 5.99. The summed E-state index contributed by atoms with van der Waals surface area (Å²) >= 11 is 5.88. The van der Waals surface area contributed by atoms with Gasteiger partial charge in [0.05, 0.1) is 0 Å². The van der Waals surface area contributed by atoms with Crippen molar-refractivity contribution in [1.82, 2.24) is 0 Å². The largest absolute Gasteiger partial charge is 0.396 e. The molecule has 116 valence electrons. The number of nitrogens with zero attached hydrogens (tertiary/aromatic N) is 1. The van der Waals surface area contributed by atoms with Gasteiger partial charge in [0, 0.05) is 30.3 Å². The summed E-state index contributed by atoms with van der Waals surface area (Å²) in [5.41, 5.74) is 1.89. The van der Waals surface area contributed by atoms with Gasteiger partial charge in [0.2, 0.25) is 5.91 Å². The highest BCUT2D eigenvalue weighted by Crippen LogP contribution is 2.21. The van der Waals surface area contributed by atoms with Gasteiger partial charge in [0.15, 0.2) is 0 Å². The average Bonchev–Trinajstić information content (AvgIpc) is 2.55. The van der Waals surface area contributed by atoms with Gasteiger partial charge in [-0.15, -0.1) is 0 Å². The molecule has 0 bridgehead atoms. The Morgan fingerprint density at radius 2 is 1.77 bits per heavy atom. The third kappa shape index (κ3) is 4.33. The Labute approximate surface area is 136 Å². The molecule has 0 heterocycles. The monoisotopic (exact) mass is 317 g/mol. The van der Waals surface area contributed by atoms with Gasteiger partial charge in [-0.2, -0.15) is 0 Å². The Balaban J connectivity index is 2.13. The molecule has 0 saturated carbocycles. The maximum Gasteiger partial charge on any atom is 0.230 e. The van der Waals surface area contributed by atoms with Crippen molar-refractivity contribution in [3.8, 4) is 0 Å². The molecule has 0 aliphatic rings. The van der Waals surface area contributed by atoms with E-state index >= 15 is 0 Å². The van der Waals surface area contributed by atoms with Crippen LogP contribution in [0.1, 0.15) is 12.0 Å². The van der Waals surface area contributed by atoms with E-state index < -0.39 is 0 Å². The molecule has 1 amide bonds. The molecule has 2 aromatic rings. The van der Waals surface area contributed by atoms with Crippen LogP contribution in [-0.4, -0.2) is 24.7 Å². The summed E-state index contributed by atoms with van der Waals surface area (Å²) in [7, 11) is 1.75. The third-order valence-corrected chi connectivity index (χ3v) is 3.95. The number of hydrogen-bond donors (Lipinski definition) is 1. The SMILES string of the molecule is CN(C(=O)C(CCO)Cc1ccccc1)c1ccc(Cl)cc1. The van der Waals surface area contributed by atoms with Crippen LogP contribution in [0, 0.1) is 5.92 Å². The number of hydrogen-bond acceptors (Lipinski definition) is 2. The molecular weight excluding hydrogens is 298 g/mol. The lowest BCUT2D eigenvalue weighted by molar-refractivity contribution is -0.122. The molecular formula is C18H20ClNO2. The quantitative estimate of drug-likeness (QED) is 0.885. The normalized spacial score (nSPS) is 12.0. The van der Waals surface area contributed by atoms with Crippen LogP contribution in [0.2, 0.25) is 5.02 Å². The molecule has 3 nitrogen and oxygen atoms in total. The number of rotatable bonds is 6. The minimum atomic E-state index is -0.243. The molecule has 0 fully saturated rings. The molecule has 2 rings (SSSR count). The van der Waals surface area contributed by atoms with Crippen molar-refractivity contribution in [2.75, 3.05) is 18.6 Å². The molecule has 0 spiro atoms. The number of carbonyl (C=O) groups excluding carboxylic acids is 1. The highest BCUT2D eigenvalue weighted by molar-refractivity contribution is 6.30. The second-order valence-corrected chi connectivity index (χ2v) is 5.71. The van der Waals surface area contributed by atoms with Gasteiger partial charge in [-0.05, 0) is 42.7 Å². The molecule has 2 aromatic carbocycles. The molecule has 22 heavy (non-hydrogen) atoms. The molecule has 4 heteroatoms. The first-order chi connectivity index (χ1) is 10.6. The molecule has 0 saturated heterocycles. The van der Waals surface area contributed by atoms with E-state index in [-0.39, 0.29) is 18.4 Å². The number of amides is 1. The van der Waals surface area contributed by atoms with E-state index in [1.54, 1.807) is 24.1 Å². The average molecular weight is 318 g/mol. The zero-order chi connectivity index (χ0) is 15.9. The van der Waals surface area contributed by atoms with Crippen molar-refractivity contribution in [1.29, 1.82) is 0 Å². The Morgan fingerprint density at radius 3 is 2.36 bits per heavy atom. The molecule has 1 unspecified atom stereocenters. The Hall–Kier alpha value is -1.84. The first-order valence-electron chi connectivity index (χ1n) is 7.29. The predicted octanol–water partition coefficient (Wildman–Crippen LogP) is 3.54. The highest BCUT2D eigenvalue weighted by Gasteiger charge is 2.23. The van der Waals surface area contributed by atoms with E-state index in [9.17, 15) is 9.90 Å². The summed E-state index contributed by atoms with van der Waals surface area (Å²) in [6.07, 6.45) is 1.07. The Morgan fingerprint density at radius 1 is 1.14 bits per heavy atom. The summed E-state index contributed by atoms with van der Waals surface area (Å²) in [6.45, 7) is -0.00228. The van der Waals surface area contributed by atoms with Crippen LogP contribution in [0.15, 0.2) is 54.6 Å². The smallest absolute Gasteiger partial charge is 0.230 e. The first-order valence-corrected chi connectivity index (χ1v) is 7.67.